The average molecular weight is 410 g/mol. The van der Waals surface area contributed by atoms with Crippen molar-refractivity contribution in [1.82, 2.24) is 0 Å². The number of likely N-dealkylation sites (tertiary alicyclic amines) is 1. The summed E-state index contributed by atoms with van der Waals surface area (Å²) in [6.45, 7) is 5.99. The first-order chi connectivity index (χ1) is 13.5. The third-order valence-corrected chi connectivity index (χ3v) is 6.13. The highest BCUT2D eigenvalue weighted by Crippen LogP contribution is 2.46. The van der Waals surface area contributed by atoms with E-state index in [1.807, 2.05) is 5.38 Å². The zero-order valence-electron chi connectivity index (χ0n) is 16.5. The lowest BCUT2D eigenvalue weighted by molar-refractivity contribution is -0.899. The second kappa shape index (κ2) is 9.52. The third-order valence-electron chi connectivity index (χ3n) is 5.22. The molecule has 8 heteroatoms. The molecular weight excluding hydrogens is 380 g/mol. The lowest BCUT2D eigenvalue weighted by atomic mass is 9.98. The molecule has 1 aromatic heterocycles. The molecule has 0 spiro atoms. The van der Waals surface area contributed by atoms with E-state index in [-0.39, 0.29) is 30.3 Å². The molecular formula is C20H29N2O5S+. The zero-order valence-corrected chi connectivity index (χ0v) is 17.4. The molecule has 28 heavy (non-hydrogen) atoms. The molecule has 1 aliphatic carbocycles. The molecule has 1 amide bonds. The van der Waals surface area contributed by atoms with E-state index in [0.717, 1.165) is 42.7 Å². The number of nitrogens with one attached hydrogen (secondary N) is 2. The first-order valence-corrected chi connectivity index (χ1v) is 11.0. The molecule has 2 atom stereocenters. The fourth-order valence-corrected chi connectivity index (χ4v) is 4.79. The van der Waals surface area contributed by atoms with Crippen molar-refractivity contribution in [3.8, 4) is 0 Å². The minimum atomic E-state index is -0.367. The van der Waals surface area contributed by atoms with E-state index in [1.165, 1.54) is 11.3 Å². The van der Waals surface area contributed by atoms with Crippen molar-refractivity contribution in [2.45, 2.75) is 45.4 Å². The number of hydrogen-bond acceptors (Lipinski definition) is 6. The third kappa shape index (κ3) is 5.11. The van der Waals surface area contributed by atoms with Crippen molar-refractivity contribution in [2.75, 3.05) is 38.2 Å². The van der Waals surface area contributed by atoms with Gasteiger partial charge in [0.15, 0.2) is 6.54 Å². The van der Waals surface area contributed by atoms with Crippen molar-refractivity contribution in [1.29, 1.82) is 0 Å². The van der Waals surface area contributed by atoms with Gasteiger partial charge in [0.25, 0.3) is 5.91 Å². The molecule has 1 unspecified atom stereocenters. The molecule has 2 N–H and O–H groups in total. The molecule has 1 saturated carbocycles. The fraction of sp³-hybridized carbons (Fsp3) is 0.650. The minimum Gasteiger partial charge on any atom is -0.466 e. The van der Waals surface area contributed by atoms with E-state index in [2.05, 4.69) is 5.32 Å². The van der Waals surface area contributed by atoms with Crippen LogP contribution in [-0.2, 0) is 19.1 Å². The van der Waals surface area contributed by atoms with Gasteiger partial charge in [-0.1, -0.05) is 0 Å². The Kier molecular flexibility index (Phi) is 7.07. The molecule has 2 fully saturated rings. The van der Waals surface area contributed by atoms with Gasteiger partial charge in [-0.3, -0.25) is 9.59 Å². The number of anilines is 1. The number of carbonyl (C=O) groups is 3. The van der Waals surface area contributed by atoms with Gasteiger partial charge in [-0.05, 0) is 56.4 Å². The number of thiophene rings is 1. The van der Waals surface area contributed by atoms with Gasteiger partial charge < -0.3 is 19.7 Å². The number of carbonyl (C=O) groups excluding carboxylic acids is 3. The summed E-state index contributed by atoms with van der Waals surface area (Å²) in [4.78, 5) is 38.1. The summed E-state index contributed by atoms with van der Waals surface area (Å²) in [5.41, 5.74) is 1.51. The van der Waals surface area contributed by atoms with Crippen molar-refractivity contribution < 1.29 is 28.8 Å². The van der Waals surface area contributed by atoms with Crippen LogP contribution in [0.25, 0.3) is 0 Å². The van der Waals surface area contributed by atoms with Crippen LogP contribution in [0, 0.1) is 5.92 Å². The van der Waals surface area contributed by atoms with Crippen molar-refractivity contribution in [3.63, 3.8) is 0 Å². The molecule has 0 radical (unpaired) electrons. The Hall–Kier alpha value is -1.93. The summed E-state index contributed by atoms with van der Waals surface area (Å²) in [6.07, 6.45) is 3.85. The highest BCUT2D eigenvalue weighted by Gasteiger charge is 2.34. The van der Waals surface area contributed by atoms with E-state index in [9.17, 15) is 14.4 Å². The van der Waals surface area contributed by atoms with E-state index in [0.29, 0.717) is 36.2 Å². The zero-order chi connectivity index (χ0) is 20.1. The van der Waals surface area contributed by atoms with Crippen molar-refractivity contribution >= 4 is 34.2 Å². The maximum Gasteiger partial charge on any atom is 0.341 e. The number of amides is 1. The van der Waals surface area contributed by atoms with Crippen LogP contribution in [-0.4, -0.2) is 50.7 Å². The Morgan fingerprint density at radius 3 is 2.61 bits per heavy atom. The van der Waals surface area contributed by atoms with Crippen LogP contribution in [0.1, 0.15) is 61.4 Å². The summed E-state index contributed by atoms with van der Waals surface area (Å²) in [5.74, 6) is -0.422. The Balaban J connectivity index is 1.62. The van der Waals surface area contributed by atoms with Crippen LogP contribution in [0.15, 0.2) is 5.38 Å². The number of hydrogen-bond donors (Lipinski definition) is 2. The van der Waals surface area contributed by atoms with E-state index < -0.39 is 0 Å². The normalized spacial score (nSPS) is 21.8. The Labute approximate surface area is 169 Å². The summed E-state index contributed by atoms with van der Waals surface area (Å²) in [7, 11) is 0. The summed E-state index contributed by atoms with van der Waals surface area (Å²) >= 11 is 1.38. The van der Waals surface area contributed by atoms with Gasteiger partial charge in [0.05, 0.1) is 31.9 Å². The molecule has 1 aromatic rings. The average Bonchev–Trinajstić information content (AvgIpc) is 3.43. The molecule has 2 aliphatic rings. The molecule has 7 nitrogen and oxygen atoms in total. The van der Waals surface area contributed by atoms with Crippen LogP contribution in [0.5, 0.6) is 0 Å². The lowest BCUT2D eigenvalue weighted by Gasteiger charge is -2.28. The monoisotopic (exact) mass is 409 g/mol. The van der Waals surface area contributed by atoms with Gasteiger partial charge in [-0.2, -0.15) is 0 Å². The number of ether oxygens (including phenoxy) is 2. The molecule has 3 rings (SSSR count). The molecule has 2 heterocycles. The first kappa shape index (κ1) is 20.8. The minimum absolute atomic E-state index is 0.144. The maximum absolute atomic E-state index is 12.6. The van der Waals surface area contributed by atoms with E-state index >= 15 is 0 Å². The smallest absolute Gasteiger partial charge is 0.341 e. The predicted octanol–water partition coefficient (Wildman–Crippen LogP) is 1.60. The van der Waals surface area contributed by atoms with Crippen molar-refractivity contribution in [3.05, 3.63) is 16.5 Å². The second-order valence-corrected chi connectivity index (χ2v) is 8.29. The largest absolute Gasteiger partial charge is 0.466 e. The standard InChI is InChI=1S/C20H28N2O5S/c1-3-26-19(24)14-6-5-9-22(10-14)11-16(23)21-18-17(20(25)27-4-2)15(12-28-18)13-7-8-13/h12-14H,3-11H2,1-2H3,(H,21,23)/p+1/t14-/m0/s1. The van der Waals surface area contributed by atoms with Gasteiger partial charge >= 0.3 is 11.9 Å². The Bertz CT molecular complexity index is 728. The highest BCUT2D eigenvalue weighted by molar-refractivity contribution is 7.15. The van der Waals surface area contributed by atoms with Crippen LogP contribution >= 0.6 is 11.3 Å². The maximum atomic E-state index is 12.6. The highest BCUT2D eigenvalue weighted by atomic mass is 32.1. The lowest BCUT2D eigenvalue weighted by Crippen LogP contribution is -3.14. The molecule has 1 aliphatic heterocycles. The molecule has 154 valence electrons. The van der Waals surface area contributed by atoms with Gasteiger partial charge in [0, 0.05) is 0 Å². The van der Waals surface area contributed by atoms with Crippen LogP contribution in [0.2, 0.25) is 0 Å². The predicted molar refractivity (Wildman–Crippen MR) is 106 cm³/mol. The van der Waals surface area contributed by atoms with Crippen molar-refractivity contribution in [2.24, 2.45) is 5.92 Å². The summed E-state index contributed by atoms with van der Waals surface area (Å²) in [6, 6.07) is 0. The van der Waals surface area contributed by atoms with Crippen LogP contribution in [0.3, 0.4) is 0 Å². The molecule has 0 aromatic carbocycles. The number of rotatable bonds is 8. The van der Waals surface area contributed by atoms with Gasteiger partial charge in [0.2, 0.25) is 0 Å². The fourth-order valence-electron chi connectivity index (χ4n) is 3.74. The van der Waals surface area contributed by atoms with Crippen LogP contribution < -0.4 is 10.2 Å². The molecule has 0 bridgehead atoms. The van der Waals surface area contributed by atoms with Gasteiger partial charge in [0.1, 0.15) is 10.9 Å². The quantitative estimate of drug-likeness (QED) is 0.637. The number of quaternary nitrogens is 1. The van der Waals surface area contributed by atoms with Crippen LogP contribution in [0.4, 0.5) is 5.00 Å². The van der Waals surface area contributed by atoms with E-state index in [1.54, 1.807) is 13.8 Å². The number of piperidine rings is 1. The SMILES string of the molecule is CCOC(=O)c1c(C2CC2)csc1NC(=O)C[NH+]1CCC[C@H](C(=O)OCC)C1. The Morgan fingerprint density at radius 1 is 1.18 bits per heavy atom. The second-order valence-electron chi connectivity index (χ2n) is 7.41. The van der Waals surface area contributed by atoms with Gasteiger partial charge in [-0.25, -0.2) is 4.79 Å². The van der Waals surface area contributed by atoms with Gasteiger partial charge in [-0.15, -0.1) is 11.3 Å². The Morgan fingerprint density at radius 2 is 1.93 bits per heavy atom. The summed E-state index contributed by atoms with van der Waals surface area (Å²) < 4.78 is 10.3. The first-order valence-electron chi connectivity index (χ1n) is 10.1. The summed E-state index contributed by atoms with van der Waals surface area (Å²) in [5, 5.41) is 5.45. The number of esters is 2. The molecule has 1 saturated heterocycles. The van der Waals surface area contributed by atoms with E-state index in [4.69, 9.17) is 9.47 Å². The topological polar surface area (TPSA) is 86.1 Å².